The van der Waals surface area contributed by atoms with Crippen LogP contribution in [0, 0.1) is 5.92 Å². The molecule has 3 atom stereocenters. The Kier molecular flexibility index (Phi) is 8.13. The van der Waals surface area contributed by atoms with Crippen LogP contribution in [0.15, 0.2) is 89.9 Å². The standard InChI is InChI=1S/C29H26F3N3O4/c1-35-22-15-9-8-14-20(22)24(19-12-6-3-7-13-19)33-25(27(35)37)34-26(36)21(16-17-29(30,31)32)23(28(38)39)18-10-4-2-5-11-18/h2-15,21,23,25H,16-17H2,1H3,(H,34,36)(H,38,39)/t21-,23+,25-/m1/s1. The highest BCUT2D eigenvalue weighted by Crippen LogP contribution is 2.34. The zero-order chi connectivity index (χ0) is 28.2. The molecule has 1 heterocycles. The van der Waals surface area contributed by atoms with Crippen LogP contribution in [0.4, 0.5) is 18.9 Å². The lowest BCUT2D eigenvalue weighted by molar-refractivity contribution is -0.150. The summed E-state index contributed by atoms with van der Waals surface area (Å²) >= 11 is 0. The molecule has 2 amide bonds. The topological polar surface area (TPSA) is 99.1 Å². The van der Waals surface area contributed by atoms with E-state index in [1.807, 2.05) is 6.07 Å². The number of para-hydroxylation sites is 1. The van der Waals surface area contributed by atoms with Crippen molar-refractivity contribution in [3.63, 3.8) is 0 Å². The number of aliphatic carboxylic acids is 1. The molecular weight excluding hydrogens is 511 g/mol. The first-order chi connectivity index (χ1) is 18.6. The van der Waals surface area contributed by atoms with Crippen LogP contribution < -0.4 is 10.2 Å². The lowest BCUT2D eigenvalue weighted by Crippen LogP contribution is -2.49. The highest BCUT2D eigenvalue weighted by atomic mass is 19.4. The molecule has 1 aliphatic heterocycles. The van der Waals surface area contributed by atoms with Crippen LogP contribution in [0.25, 0.3) is 0 Å². The molecule has 202 valence electrons. The van der Waals surface area contributed by atoms with E-state index < -0.39 is 54.8 Å². The van der Waals surface area contributed by atoms with Gasteiger partial charge in [-0.2, -0.15) is 13.2 Å². The zero-order valence-corrected chi connectivity index (χ0v) is 20.9. The number of carboxylic acid groups (broad SMARTS) is 1. The second kappa shape index (κ2) is 11.5. The van der Waals surface area contributed by atoms with Crippen LogP contribution in [0.2, 0.25) is 0 Å². The number of rotatable bonds is 8. The lowest BCUT2D eigenvalue weighted by Gasteiger charge is -2.26. The van der Waals surface area contributed by atoms with Crippen molar-refractivity contribution in [2.45, 2.75) is 31.1 Å². The second-order valence-corrected chi connectivity index (χ2v) is 9.16. The molecule has 4 rings (SSSR count). The van der Waals surface area contributed by atoms with E-state index in [-0.39, 0.29) is 5.56 Å². The summed E-state index contributed by atoms with van der Waals surface area (Å²) in [5.41, 5.74) is 2.39. The number of carbonyl (C=O) groups excluding carboxylic acids is 2. The summed E-state index contributed by atoms with van der Waals surface area (Å²) in [6, 6.07) is 23.6. The smallest absolute Gasteiger partial charge is 0.389 e. The fourth-order valence-corrected chi connectivity index (χ4v) is 4.66. The summed E-state index contributed by atoms with van der Waals surface area (Å²) in [7, 11) is 1.51. The summed E-state index contributed by atoms with van der Waals surface area (Å²) in [6.45, 7) is 0. The monoisotopic (exact) mass is 537 g/mol. The Balaban J connectivity index is 1.75. The van der Waals surface area contributed by atoms with Gasteiger partial charge in [-0.3, -0.25) is 14.4 Å². The molecule has 3 aromatic rings. The molecule has 0 spiro atoms. The predicted molar refractivity (Wildman–Crippen MR) is 139 cm³/mol. The minimum Gasteiger partial charge on any atom is -0.481 e. The Morgan fingerprint density at radius 3 is 2.18 bits per heavy atom. The van der Waals surface area contributed by atoms with E-state index in [0.29, 0.717) is 22.5 Å². The maximum absolute atomic E-state index is 13.5. The second-order valence-electron chi connectivity index (χ2n) is 9.16. The van der Waals surface area contributed by atoms with Crippen molar-refractivity contribution in [2.75, 3.05) is 11.9 Å². The Hall–Kier alpha value is -4.47. The Morgan fingerprint density at radius 1 is 0.974 bits per heavy atom. The number of halogens is 3. The van der Waals surface area contributed by atoms with Gasteiger partial charge in [-0.15, -0.1) is 0 Å². The number of nitrogens with one attached hydrogen (secondary N) is 1. The number of benzene rings is 3. The average Bonchev–Trinajstić information content (AvgIpc) is 3.02. The summed E-state index contributed by atoms with van der Waals surface area (Å²) in [4.78, 5) is 45.1. The molecule has 3 aromatic carbocycles. The van der Waals surface area contributed by atoms with E-state index in [9.17, 15) is 32.7 Å². The van der Waals surface area contributed by atoms with Crippen LogP contribution in [-0.2, 0) is 14.4 Å². The summed E-state index contributed by atoms with van der Waals surface area (Å²) in [5.74, 6) is -6.27. The van der Waals surface area contributed by atoms with Crippen LogP contribution in [0.5, 0.6) is 0 Å². The van der Waals surface area contributed by atoms with Gasteiger partial charge in [0.2, 0.25) is 12.1 Å². The maximum atomic E-state index is 13.5. The van der Waals surface area contributed by atoms with Crippen LogP contribution in [-0.4, -0.2) is 48.0 Å². The molecule has 0 aromatic heterocycles. The Bertz CT molecular complexity index is 1380. The number of amides is 2. The molecule has 1 aliphatic rings. The molecule has 0 aliphatic carbocycles. The van der Waals surface area contributed by atoms with Crippen molar-refractivity contribution in [1.29, 1.82) is 0 Å². The quantitative estimate of drug-likeness (QED) is 0.433. The van der Waals surface area contributed by atoms with Gasteiger partial charge in [-0.1, -0.05) is 78.9 Å². The maximum Gasteiger partial charge on any atom is 0.389 e. The van der Waals surface area contributed by atoms with E-state index in [1.54, 1.807) is 66.7 Å². The zero-order valence-electron chi connectivity index (χ0n) is 20.9. The molecule has 10 heteroatoms. The van der Waals surface area contributed by atoms with Crippen LogP contribution in [0.1, 0.15) is 35.4 Å². The number of hydrogen-bond donors (Lipinski definition) is 2. The van der Waals surface area contributed by atoms with Gasteiger partial charge >= 0.3 is 12.1 Å². The molecule has 0 saturated heterocycles. The first-order valence-corrected chi connectivity index (χ1v) is 12.2. The SMILES string of the molecule is CN1C(=O)[C@@H](NC(=O)[C@H](CCC(F)(F)F)[C@@H](C(=O)O)c2ccccc2)N=C(c2ccccc2)c2ccccc21. The summed E-state index contributed by atoms with van der Waals surface area (Å²) in [6.07, 6.45) is -8.27. The number of likely N-dealkylation sites (N-methyl/N-ethyl adjacent to an activating group) is 1. The molecule has 0 unspecified atom stereocenters. The van der Waals surface area contributed by atoms with E-state index in [1.165, 1.54) is 24.1 Å². The largest absolute Gasteiger partial charge is 0.481 e. The fraction of sp³-hybridized carbons (Fsp3) is 0.241. The number of carboxylic acids is 1. The number of anilines is 1. The third kappa shape index (κ3) is 6.34. The minimum atomic E-state index is -4.61. The third-order valence-electron chi connectivity index (χ3n) is 6.57. The molecule has 7 nitrogen and oxygen atoms in total. The van der Waals surface area contributed by atoms with E-state index in [0.717, 1.165) is 0 Å². The van der Waals surface area contributed by atoms with Crippen molar-refractivity contribution in [3.8, 4) is 0 Å². The molecule has 0 fully saturated rings. The number of fused-ring (bicyclic) bond motifs is 1. The van der Waals surface area contributed by atoms with Crippen molar-refractivity contribution in [3.05, 3.63) is 102 Å². The van der Waals surface area contributed by atoms with E-state index >= 15 is 0 Å². The van der Waals surface area contributed by atoms with E-state index in [2.05, 4.69) is 10.3 Å². The third-order valence-corrected chi connectivity index (χ3v) is 6.57. The van der Waals surface area contributed by atoms with Gasteiger partial charge in [0, 0.05) is 24.6 Å². The average molecular weight is 538 g/mol. The van der Waals surface area contributed by atoms with Crippen LogP contribution >= 0.6 is 0 Å². The van der Waals surface area contributed by atoms with Gasteiger partial charge in [0.25, 0.3) is 5.91 Å². The fourth-order valence-electron chi connectivity index (χ4n) is 4.66. The Morgan fingerprint density at radius 2 is 1.56 bits per heavy atom. The number of benzodiazepines with no additional fused rings is 1. The van der Waals surface area contributed by atoms with Gasteiger partial charge in [0.1, 0.15) is 0 Å². The first kappa shape index (κ1) is 27.6. The highest BCUT2D eigenvalue weighted by molar-refractivity contribution is 6.20. The molecule has 39 heavy (non-hydrogen) atoms. The molecule has 0 bridgehead atoms. The number of carbonyl (C=O) groups is 3. The van der Waals surface area contributed by atoms with Gasteiger partial charge in [0.15, 0.2) is 0 Å². The van der Waals surface area contributed by atoms with Crippen molar-refractivity contribution in [1.82, 2.24) is 5.32 Å². The number of hydrogen-bond acceptors (Lipinski definition) is 4. The van der Waals surface area contributed by atoms with E-state index in [4.69, 9.17) is 0 Å². The molecular formula is C29H26F3N3O4. The first-order valence-electron chi connectivity index (χ1n) is 12.2. The van der Waals surface area contributed by atoms with Gasteiger partial charge in [0.05, 0.1) is 23.2 Å². The van der Waals surface area contributed by atoms with Crippen molar-refractivity contribution >= 4 is 29.2 Å². The van der Waals surface area contributed by atoms with Crippen LogP contribution in [0.3, 0.4) is 0 Å². The number of aliphatic imine (C=N–C) groups is 1. The van der Waals surface area contributed by atoms with Crippen molar-refractivity contribution in [2.24, 2.45) is 10.9 Å². The molecule has 2 N–H and O–H groups in total. The number of alkyl halides is 3. The Labute approximate surface area is 223 Å². The minimum absolute atomic E-state index is 0.178. The summed E-state index contributed by atoms with van der Waals surface area (Å²) < 4.78 is 39.6. The summed E-state index contributed by atoms with van der Waals surface area (Å²) in [5, 5.41) is 12.4. The predicted octanol–water partition coefficient (Wildman–Crippen LogP) is 4.77. The molecule has 0 radical (unpaired) electrons. The molecule has 0 saturated carbocycles. The highest BCUT2D eigenvalue weighted by Gasteiger charge is 2.40. The number of nitrogens with zero attached hydrogens (tertiary/aromatic N) is 2. The van der Waals surface area contributed by atoms with Crippen molar-refractivity contribution < 1.29 is 32.7 Å². The van der Waals surface area contributed by atoms with Gasteiger partial charge in [-0.05, 0) is 18.1 Å². The normalized spacial score (nSPS) is 16.9. The van der Waals surface area contributed by atoms with Gasteiger partial charge in [-0.25, -0.2) is 4.99 Å². The van der Waals surface area contributed by atoms with Gasteiger partial charge < -0.3 is 15.3 Å². The lowest BCUT2D eigenvalue weighted by atomic mass is 9.82.